The van der Waals surface area contributed by atoms with Crippen LogP contribution >= 0.6 is 0 Å². The second kappa shape index (κ2) is 7.82. The summed E-state index contributed by atoms with van der Waals surface area (Å²) in [5.74, 6) is 0. The van der Waals surface area contributed by atoms with Gasteiger partial charge in [-0.25, -0.2) is 8.78 Å². The van der Waals surface area contributed by atoms with Crippen LogP contribution in [-0.2, 0) is 0 Å². The molecule has 0 saturated carbocycles. The molecule has 0 aliphatic carbocycles. The first-order valence-corrected chi connectivity index (χ1v) is 7.70. The summed E-state index contributed by atoms with van der Waals surface area (Å²) in [5.41, 5.74) is 7.03. The summed E-state index contributed by atoms with van der Waals surface area (Å²) in [6, 6.07) is 6.72. The largest absolute Gasteiger partial charge is 0.329 e. The molecule has 1 heterocycles. The lowest BCUT2D eigenvalue weighted by Crippen LogP contribution is -2.49. The van der Waals surface area contributed by atoms with Gasteiger partial charge in [-0.05, 0) is 18.5 Å². The molecule has 1 atom stereocenters. The molecule has 1 unspecified atom stereocenters. The zero-order valence-corrected chi connectivity index (χ0v) is 12.6. The molecule has 1 aliphatic heterocycles. The SMILES string of the molecule is CCCN1CCN(C(CN)c2ccc(C(F)F)cc2)CC1. The first-order chi connectivity index (χ1) is 10.2. The first-order valence-electron chi connectivity index (χ1n) is 7.70. The average molecular weight is 297 g/mol. The molecule has 0 spiro atoms. The highest BCUT2D eigenvalue weighted by atomic mass is 19.3. The Balaban J connectivity index is 1.99. The maximum absolute atomic E-state index is 12.6. The van der Waals surface area contributed by atoms with Gasteiger partial charge in [-0.2, -0.15) is 0 Å². The Morgan fingerprint density at radius 1 is 1.05 bits per heavy atom. The van der Waals surface area contributed by atoms with E-state index in [1.807, 2.05) is 0 Å². The molecule has 1 fully saturated rings. The van der Waals surface area contributed by atoms with Crippen molar-refractivity contribution in [1.82, 2.24) is 9.80 Å². The van der Waals surface area contributed by atoms with Gasteiger partial charge in [-0.1, -0.05) is 31.2 Å². The van der Waals surface area contributed by atoms with Crippen LogP contribution < -0.4 is 5.73 Å². The van der Waals surface area contributed by atoms with E-state index in [1.54, 1.807) is 12.1 Å². The molecule has 1 aromatic carbocycles. The van der Waals surface area contributed by atoms with Crippen molar-refractivity contribution in [2.24, 2.45) is 5.73 Å². The smallest absolute Gasteiger partial charge is 0.263 e. The lowest BCUT2D eigenvalue weighted by molar-refractivity contribution is 0.0985. The molecule has 2 rings (SSSR count). The van der Waals surface area contributed by atoms with Gasteiger partial charge in [0.2, 0.25) is 0 Å². The molecule has 5 heteroatoms. The molecule has 0 aromatic heterocycles. The highest BCUT2D eigenvalue weighted by Gasteiger charge is 2.23. The third-order valence-electron chi connectivity index (χ3n) is 4.18. The fraction of sp³-hybridized carbons (Fsp3) is 0.625. The molecular formula is C16H25F2N3. The summed E-state index contributed by atoms with van der Waals surface area (Å²) in [7, 11) is 0. The van der Waals surface area contributed by atoms with Gasteiger partial charge in [0.25, 0.3) is 6.43 Å². The lowest BCUT2D eigenvalue weighted by Gasteiger charge is -2.39. The van der Waals surface area contributed by atoms with E-state index in [4.69, 9.17) is 5.73 Å². The van der Waals surface area contributed by atoms with E-state index in [0.29, 0.717) is 6.54 Å². The zero-order chi connectivity index (χ0) is 15.2. The predicted octanol–water partition coefficient (Wildman–Crippen LogP) is 2.65. The van der Waals surface area contributed by atoms with Gasteiger partial charge in [-0.3, -0.25) is 4.90 Å². The summed E-state index contributed by atoms with van der Waals surface area (Å²) in [6.45, 7) is 7.93. The van der Waals surface area contributed by atoms with Crippen molar-refractivity contribution in [2.45, 2.75) is 25.8 Å². The predicted molar refractivity (Wildman–Crippen MR) is 81.5 cm³/mol. The quantitative estimate of drug-likeness (QED) is 0.876. The van der Waals surface area contributed by atoms with Crippen molar-refractivity contribution >= 4 is 0 Å². The number of benzene rings is 1. The van der Waals surface area contributed by atoms with Crippen LogP contribution in [0, 0.1) is 0 Å². The van der Waals surface area contributed by atoms with Crippen LogP contribution in [0.2, 0.25) is 0 Å². The molecule has 2 N–H and O–H groups in total. The minimum atomic E-state index is -2.41. The number of rotatable bonds is 6. The van der Waals surface area contributed by atoms with Gasteiger partial charge in [0.15, 0.2) is 0 Å². The molecular weight excluding hydrogens is 272 g/mol. The van der Waals surface area contributed by atoms with E-state index in [2.05, 4.69) is 16.7 Å². The summed E-state index contributed by atoms with van der Waals surface area (Å²) in [4.78, 5) is 4.83. The van der Waals surface area contributed by atoms with Crippen LogP contribution in [0.4, 0.5) is 8.78 Å². The topological polar surface area (TPSA) is 32.5 Å². The van der Waals surface area contributed by atoms with Gasteiger partial charge in [0.1, 0.15) is 0 Å². The monoisotopic (exact) mass is 297 g/mol. The van der Waals surface area contributed by atoms with Crippen molar-refractivity contribution in [3.8, 4) is 0 Å². The van der Waals surface area contributed by atoms with Crippen molar-refractivity contribution < 1.29 is 8.78 Å². The molecule has 21 heavy (non-hydrogen) atoms. The average Bonchev–Trinajstić information content (AvgIpc) is 2.50. The standard InChI is InChI=1S/C16H25F2N3/c1-2-7-20-8-10-21(11-9-20)15(12-19)13-3-5-14(6-4-13)16(17)18/h3-6,15-16H,2,7-12,19H2,1H3. The maximum Gasteiger partial charge on any atom is 0.263 e. The normalized spacial score (nSPS) is 19.1. The second-order valence-corrected chi connectivity index (χ2v) is 5.60. The molecule has 1 aliphatic rings. The van der Waals surface area contributed by atoms with Crippen LogP contribution in [0.3, 0.4) is 0 Å². The Morgan fingerprint density at radius 2 is 1.62 bits per heavy atom. The fourth-order valence-electron chi connectivity index (χ4n) is 2.97. The molecule has 0 radical (unpaired) electrons. The summed E-state index contributed by atoms with van der Waals surface area (Å²) in [6.07, 6.45) is -1.23. The van der Waals surface area contributed by atoms with E-state index in [0.717, 1.165) is 38.3 Å². The third-order valence-corrected chi connectivity index (χ3v) is 4.18. The van der Waals surface area contributed by atoms with Crippen molar-refractivity contribution in [1.29, 1.82) is 0 Å². The Morgan fingerprint density at radius 3 is 2.10 bits per heavy atom. The molecule has 0 bridgehead atoms. The van der Waals surface area contributed by atoms with E-state index in [-0.39, 0.29) is 11.6 Å². The highest BCUT2D eigenvalue weighted by Crippen LogP contribution is 2.25. The van der Waals surface area contributed by atoms with Gasteiger partial charge in [-0.15, -0.1) is 0 Å². The second-order valence-electron chi connectivity index (χ2n) is 5.60. The van der Waals surface area contributed by atoms with Crippen molar-refractivity contribution in [2.75, 3.05) is 39.3 Å². The number of hydrogen-bond donors (Lipinski definition) is 1. The summed E-state index contributed by atoms with van der Waals surface area (Å²) >= 11 is 0. The minimum Gasteiger partial charge on any atom is -0.329 e. The van der Waals surface area contributed by atoms with Gasteiger partial charge in [0.05, 0.1) is 0 Å². The Bertz CT molecular complexity index is 414. The van der Waals surface area contributed by atoms with Crippen LogP contribution in [0.1, 0.15) is 36.9 Å². The molecule has 3 nitrogen and oxygen atoms in total. The van der Waals surface area contributed by atoms with Crippen LogP contribution in [0.15, 0.2) is 24.3 Å². The number of nitrogens with two attached hydrogens (primary N) is 1. The first kappa shape index (κ1) is 16.3. The Kier molecular flexibility index (Phi) is 6.08. The van der Waals surface area contributed by atoms with Crippen molar-refractivity contribution in [3.63, 3.8) is 0 Å². The molecule has 1 saturated heterocycles. The Labute approximate surface area is 125 Å². The highest BCUT2D eigenvalue weighted by molar-refractivity contribution is 5.26. The molecule has 0 amide bonds. The van der Waals surface area contributed by atoms with E-state index in [1.165, 1.54) is 18.6 Å². The lowest BCUT2D eigenvalue weighted by atomic mass is 10.0. The summed E-state index contributed by atoms with van der Waals surface area (Å²) in [5, 5.41) is 0. The number of alkyl halides is 2. The van der Waals surface area contributed by atoms with Crippen LogP contribution in [0.5, 0.6) is 0 Å². The fourth-order valence-corrected chi connectivity index (χ4v) is 2.97. The molecule has 118 valence electrons. The van der Waals surface area contributed by atoms with Gasteiger partial charge >= 0.3 is 0 Å². The third kappa shape index (κ3) is 4.22. The number of nitrogens with zero attached hydrogens (tertiary/aromatic N) is 2. The number of halogens is 2. The minimum absolute atomic E-state index is 0.0716. The number of hydrogen-bond acceptors (Lipinski definition) is 3. The van der Waals surface area contributed by atoms with E-state index in [9.17, 15) is 8.78 Å². The van der Waals surface area contributed by atoms with Gasteiger partial charge in [0, 0.05) is 44.3 Å². The maximum atomic E-state index is 12.6. The van der Waals surface area contributed by atoms with E-state index < -0.39 is 6.43 Å². The van der Waals surface area contributed by atoms with E-state index >= 15 is 0 Å². The van der Waals surface area contributed by atoms with Gasteiger partial charge < -0.3 is 10.6 Å². The Hall–Kier alpha value is -1.04. The van der Waals surface area contributed by atoms with Crippen molar-refractivity contribution in [3.05, 3.63) is 35.4 Å². The number of piperazine rings is 1. The summed E-state index contributed by atoms with van der Waals surface area (Å²) < 4.78 is 25.2. The van der Waals surface area contributed by atoms with Crippen LogP contribution in [-0.4, -0.2) is 49.1 Å². The van der Waals surface area contributed by atoms with Crippen LogP contribution in [0.25, 0.3) is 0 Å². The zero-order valence-electron chi connectivity index (χ0n) is 12.6. The molecule has 1 aromatic rings.